The van der Waals surface area contributed by atoms with Crippen LogP contribution in [0.15, 0.2) is 0 Å². The summed E-state index contributed by atoms with van der Waals surface area (Å²) in [5.41, 5.74) is 0.986. The van der Waals surface area contributed by atoms with Crippen molar-refractivity contribution >= 4 is 5.97 Å². The highest BCUT2D eigenvalue weighted by Gasteiger charge is 2.61. The van der Waals surface area contributed by atoms with E-state index in [1.54, 1.807) is 0 Å². The third kappa shape index (κ3) is 2.99. The van der Waals surface area contributed by atoms with Crippen molar-refractivity contribution < 1.29 is 9.90 Å². The Morgan fingerprint density at radius 2 is 1.74 bits per heavy atom. The second-order valence-corrected chi connectivity index (χ2v) is 11.4. The van der Waals surface area contributed by atoms with Crippen molar-refractivity contribution in [2.24, 2.45) is 52.3 Å². The summed E-state index contributed by atoms with van der Waals surface area (Å²) >= 11 is 0. The Kier molecular flexibility index (Phi) is 5.17. The van der Waals surface area contributed by atoms with Crippen molar-refractivity contribution in [3.05, 3.63) is 0 Å². The molecule has 6 unspecified atom stereocenters. The number of carboxylic acid groups (broad SMARTS) is 1. The van der Waals surface area contributed by atoms with Gasteiger partial charge in [0.05, 0.1) is 0 Å². The molecule has 2 nitrogen and oxygen atoms in total. The van der Waals surface area contributed by atoms with Crippen LogP contribution >= 0.6 is 0 Å². The second-order valence-electron chi connectivity index (χ2n) is 11.4. The van der Waals surface area contributed by atoms with Crippen molar-refractivity contribution in [3.8, 4) is 0 Å². The van der Waals surface area contributed by atoms with Gasteiger partial charge in [0, 0.05) is 6.42 Å². The highest BCUT2D eigenvalue weighted by molar-refractivity contribution is 5.67. The Hall–Kier alpha value is -0.530. The monoisotopic (exact) mass is 374 g/mol. The van der Waals surface area contributed by atoms with Gasteiger partial charge in [0.15, 0.2) is 0 Å². The largest absolute Gasteiger partial charge is 0.481 e. The van der Waals surface area contributed by atoms with Crippen LogP contribution in [-0.2, 0) is 4.79 Å². The molecule has 27 heavy (non-hydrogen) atoms. The zero-order chi connectivity index (χ0) is 19.4. The summed E-state index contributed by atoms with van der Waals surface area (Å²) in [5, 5.41) is 9.34. The summed E-state index contributed by atoms with van der Waals surface area (Å²) in [7, 11) is 0. The molecule has 0 radical (unpaired) electrons. The Bertz CT molecular complexity index is 571. The third-order valence-electron chi connectivity index (χ3n) is 10.5. The molecule has 0 heterocycles. The van der Waals surface area contributed by atoms with Crippen molar-refractivity contribution in [2.45, 2.75) is 98.3 Å². The van der Waals surface area contributed by atoms with Crippen LogP contribution in [-0.4, -0.2) is 11.1 Å². The van der Waals surface area contributed by atoms with E-state index in [0.29, 0.717) is 29.1 Å². The fraction of sp³-hybridized carbons (Fsp3) is 0.960. The number of hydrogen-bond acceptors (Lipinski definition) is 1. The van der Waals surface area contributed by atoms with Crippen molar-refractivity contribution in [3.63, 3.8) is 0 Å². The molecule has 1 N–H and O–H groups in total. The minimum Gasteiger partial charge on any atom is -0.481 e. The molecule has 0 aliphatic heterocycles. The van der Waals surface area contributed by atoms with E-state index in [1.807, 2.05) is 0 Å². The van der Waals surface area contributed by atoms with E-state index in [0.717, 1.165) is 29.6 Å². The van der Waals surface area contributed by atoms with E-state index in [9.17, 15) is 9.90 Å². The van der Waals surface area contributed by atoms with Gasteiger partial charge in [0.1, 0.15) is 0 Å². The molecule has 0 aromatic carbocycles. The highest BCUT2D eigenvalue weighted by Crippen LogP contribution is 2.69. The van der Waals surface area contributed by atoms with E-state index in [1.165, 1.54) is 64.2 Å². The lowest BCUT2D eigenvalue weighted by molar-refractivity contribution is -0.143. The van der Waals surface area contributed by atoms with Gasteiger partial charge in [0.25, 0.3) is 0 Å². The van der Waals surface area contributed by atoms with Crippen LogP contribution in [0.3, 0.4) is 0 Å². The zero-order valence-corrected chi connectivity index (χ0v) is 18.2. The quantitative estimate of drug-likeness (QED) is 0.588. The second kappa shape index (κ2) is 7.06. The van der Waals surface area contributed by atoms with Crippen LogP contribution in [0.4, 0.5) is 0 Å². The van der Waals surface area contributed by atoms with Gasteiger partial charge in [-0.05, 0) is 97.2 Å². The first-order chi connectivity index (χ1) is 12.8. The Morgan fingerprint density at radius 1 is 1.00 bits per heavy atom. The number of carboxylic acids is 1. The normalized spacial score (nSPS) is 50.4. The first-order valence-electron chi connectivity index (χ1n) is 12.0. The summed E-state index contributed by atoms with van der Waals surface area (Å²) in [4.78, 5) is 11.3. The van der Waals surface area contributed by atoms with Gasteiger partial charge in [-0.25, -0.2) is 0 Å². The van der Waals surface area contributed by atoms with Gasteiger partial charge in [-0.1, -0.05) is 47.0 Å². The Labute approximate surface area is 166 Å². The van der Waals surface area contributed by atoms with Gasteiger partial charge in [-0.3, -0.25) is 4.79 Å². The summed E-state index contributed by atoms with van der Waals surface area (Å²) < 4.78 is 0. The van der Waals surface area contributed by atoms with Crippen LogP contribution in [0, 0.1) is 52.3 Å². The van der Waals surface area contributed by atoms with E-state index >= 15 is 0 Å². The van der Waals surface area contributed by atoms with Crippen LogP contribution in [0.5, 0.6) is 0 Å². The molecule has 0 aromatic rings. The number of fused-ring (bicyclic) bond motifs is 5. The van der Waals surface area contributed by atoms with Crippen LogP contribution in [0.25, 0.3) is 0 Å². The van der Waals surface area contributed by atoms with E-state index < -0.39 is 5.97 Å². The smallest absolute Gasteiger partial charge is 0.303 e. The van der Waals surface area contributed by atoms with Gasteiger partial charge in [-0.2, -0.15) is 0 Å². The standard InChI is InChI=1S/C25H42O2/c1-5-17-15-18-21-10-9-19(16(2)14-23(26)27)25(21,4)13-11-22(18)24(3)12-7-6-8-20(17)24/h16-22H,5-15H2,1-4H3,(H,26,27)/t16-,17+,18?,19?,20?,21?,22+,24?,25?/m1/s1. The predicted octanol–water partition coefficient (Wildman–Crippen LogP) is 6.78. The van der Waals surface area contributed by atoms with Crippen molar-refractivity contribution in [1.29, 1.82) is 0 Å². The molecule has 4 rings (SSSR count). The number of hydrogen-bond donors (Lipinski definition) is 1. The minimum atomic E-state index is -0.607. The maximum absolute atomic E-state index is 11.3. The molecule has 4 aliphatic carbocycles. The number of carbonyl (C=O) groups is 1. The average Bonchev–Trinajstić information content (AvgIpc) is 2.97. The topological polar surface area (TPSA) is 37.3 Å². The number of aliphatic carboxylic acids is 1. The van der Waals surface area contributed by atoms with E-state index in [2.05, 4.69) is 27.7 Å². The van der Waals surface area contributed by atoms with Crippen molar-refractivity contribution in [2.75, 3.05) is 0 Å². The lowest BCUT2D eigenvalue weighted by atomic mass is 9.42. The maximum Gasteiger partial charge on any atom is 0.303 e. The molecule has 9 atom stereocenters. The molecule has 0 amide bonds. The molecular formula is C25H42O2. The first-order valence-corrected chi connectivity index (χ1v) is 12.0. The summed E-state index contributed by atoms with van der Waals surface area (Å²) in [6.07, 6.45) is 14.5. The molecule has 154 valence electrons. The molecular weight excluding hydrogens is 332 g/mol. The maximum atomic E-state index is 11.3. The van der Waals surface area contributed by atoms with Gasteiger partial charge in [-0.15, -0.1) is 0 Å². The molecule has 0 spiro atoms. The molecule has 0 saturated heterocycles. The zero-order valence-electron chi connectivity index (χ0n) is 18.2. The lowest BCUT2D eigenvalue weighted by Gasteiger charge is -2.63. The molecule has 2 heteroatoms. The summed E-state index contributed by atoms with van der Waals surface area (Å²) in [6.45, 7) is 9.89. The van der Waals surface area contributed by atoms with Gasteiger partial charge >= 0.3 is 5.97 Å². The minimum absolute atomic E-state index is 0.331. The van der Waals surface area contributed by atoms with Gasteiger partial charge < -0.3 is 5.11 Å². The molecule has 4 aliphatic rings. The third-order valence-corrected chi connectivity index (χ3v) is 10.5. The molecule has 0 aromatic heterocycles. The molecule has 4 fully saturated rings. The summed E-state index contributed by atoms with van der Waals surface area (Å²) in [5.74, 6) is 4.97. The number of rotatable bonds is 4. The predicted molar refractivity (Wildman–Crippen MR) is 110 cm³/mol. The van der Waals surface area contributed by atoms with Crippen LogP contribution in [0.1, 0.15) is 98.3 Å². The van der Waals surface area contributed by atoms with Crippen LogP contribution < -0.4 is 0 Å². The first kappa shape index (κ1) is 19.8. The summed E-state index contributed by atoms with van der Waals surface area (Å²) in [6, 6.07) is 0. The molecule has 4 saturated carbocycles. The Balaban J connectivity index is 1.61. The van der Waals surface area contributed by atoms with Crippen LogP contribution in [0.2, 0.25) is 0 Å². The van der Waals surface area contributed by atoms with E-state index in [-0.39, 0.29) is 0 Å². The SMILES string of the molecule is CC[C@H]1CC2C3CCC([C@H](C)CC(=O)O)C3(C)CC[C@@H]2C2(C)CCCCC12. The Morgan fingerprint density at radius 3 is 2.44 bits per heavy atom. The lowest BCUT2D eigenvalue weighted by Crippen LogP contribution is -2.55. The van der Waals surface area contributed by atoms with Crippen molar-refractivity contribution in [1.82, 2.24) is 0 Å². The fourth-order valence-corrected chi connectivity index (χ4v) is 9.41. The van der Waals surface area contributed by atoms with Gasteiger partial charge in [0.2, 0.25) is 0 Å². The average molecular weight is 375 g/mol. The fourth-order valence-electron chi connectivity index (χ4n) is 9.41. The molecule has 0 bridgehead atoms. The highest BCUT2D eigenvalue weighted by atomic mass is 16.4. The van der Waals surface area contributed by atoms with E-state index in [4.69, 9.17) is 0 Å².